The predicted octanol–water partition coefficient (Wildman–Crippen LogP) is 3.13. The summed E-state index contributed by atoms with van der Waals surface area (Å²) in [4.78, 5) is 38.8. The number of nitrogens with zero attached hydrogens (tertiary/aromatic N) is 1. The fourth-order valence-electron chi connectivity index (χ4n) is 2.52. The van der Waals surface area contributed by atoms with Crippen molar-refractivity contribution in [1.82, 2.24) is 10.2 Å². The Bertz CT molecular complexity index is 653. The third kappa shape index (κ3) is 8.41. The number of alkyl carbamates (subject to hydrolysis) is 1. The highest BCUT2D eigenvalue weighted by molar-refractivity contribution is 5.88. The lowest BCUT2D eigenvalue weighted by Gasteiger charge is -2.30. The second-order valence-corrected chi connectivity index (χ2v) is 7.85. The van der Waals surface area contributed by atoms with Gasteiger partial charge in [-0.25, -0.2) is 4.79 Å². The van der Waals surface area contributed by atoms with Crippen molar-refractivity contribution in [2.45, 2.75) is 59.7 Å². The largest absolute Gasteiger partial charge is 0.465 e. The number of nitrogens with one attached hydrogen (secondary N) is 1. The first-order chi connectivity index (χ1) is 13.0. The number of esters is 1. The number of amides is 2. The molecule has 0 radical (unpaired) electrons. The molecular formula is C21H32N2O5. The van der Waals surface area contributed by atoms with Gasteiger partial charge in [-0.15, -0.1) is 0 Å². The smallest absolute Gasteiger partial charge is 0.408 e. The van der Waals surface area contributed by atoms with Crippen molar-refractivity contribution in [2.75, 3.05) is 13.2 Å². The van der Waals surface area contributed by atoms with Crippen LogP contribution in [0.1, 0.15) is 47.1 Å². The maximum atomic E-state index is 13.2. The van der Waals surface area contributed by atoms with Crippen LogP contribution in [0.25, 0.3) is 0 Å². The van der Waals surface area contributed by atoms with Gasteiger partial charge in [-0.05, 0) is 39.2 Å². The van der Waals surface area contributed by atoms with Crippen molar-refractivity contribution in [1.29, 1.82) is 0 Å². The van der Waals surface area contributed by atoms with Gasteiger partial charge in [-0.2, -0.15) is 0 Å². The maximum absolute atomic E-state index is 13.2. The normalized spacial score (nSPS) is 12.2. The number of hydrogen-bond acceptors (Lipinski definition) is 5. The number of carbonyl (C=O) groups is 3. The first kappa shape index (κ1) is 23.5. The molecule has 1 aromatic rings. The fourth-order valence-corrected chi connectivity index (χ4v) is 2.52. The molecule has 1 N–H and O–H groups in total. The standard InChI is InChI=1S/C21H32N2O5/c1-7-27-17(24)14-23(13-16-11-9-8-10-12-16)19(25)18(15(2)3)22-20(26)28-21(4,5)6/h8-12,15,18H,7,13-14H2,1-6H3,(H,22,26)/t18-/m0/s1. The first-order valence-electron chi connectivity index (χ1n) is 9.51. The van der Waals surface area contributed by atoms with Gasteiger partial charge in [0.15, 0.2) is 0 Å². The van der Waals surface area contributed by atoms with Gasteiger partial charge in [0.05, 0.1) is 6.61 Å². The molecule has 1 aromatic carbocycles. The summed E-state index contributed by atoms with van der Waals surface area (Å²) in [6.45, 7) is 10.9. The summed E-state index contributed by atoms with van der Waals surface area (Å²) in [5, 5.41) is 2.64. The first-order valence-corrected chi connectivity index (χ1v) is 9.51. The van der Waals surface area contributed by atoms with E-state index in [1.807, 2.05) is 44.2 Å². The van der Waals surface area contributed by atoms with Gasteiger partial charge >= 0.3 is 12.1 Å². The minimum atomic E-state index is -0.826. The van der Waals surface area contributed by atoms with E-state index in [0.717, 1.165) is 5.56 Å². The van der Waals surface area contributed by atoms with Gasteiger partial charge in [0.2, 0.25) is 5.91 Å². The zero-order valence-electron chi connectivity index (χ0n) is 17.7. The number of hydrogen-bond donors (Lipinski definition) is 1. The summed E-state index contributed by atoms with van der Waals surface area (Å²) in [7, 11) is 0. The van der Waals surface area contributed by atoms with Crippen LogP contribution in [0.5, 0.6) is 0 Å². The Balaban J connectivity index is 3.00. The minimum Gasteiger partial charge on any atom is -0.465 e. The molecular weight excluding hydrogens is 360 g/mol. The molecule has 0 aromatic heterocycles. The van der Waals surface area contributed by atoms with Crippen LogP contribution in [0.2, 0.25) is 0 Å². The topological polar surface area (TPSA) is 84.9 Å². The monoisotopic (exact) mass is 392 g/mol. The van der Waals surface area contributed by atoms with Crippen molar-refractivity contribution < 1.29 is 23.9 Å². The second kappa shape index (κ2) is 10.7. The molecule has 0 saturated heterocycles. The SMILES string of the molecule is CCOC(=O)CN(Cc1ccccc1)C(=O)[C@@H](NC(=O)OC(C)(C)C)C(C)C. The lowest BCUT2D eigenvalue weighted by molar-refractivity contribution is -0.150. The number of benzene rings is 1. The molecule has 156 valence electrons. The van der Waals surface area contributed by atoms with Crippen LogP contribution in [0.15, 0.2) is 30.3 Å². The molecule has 2 amide bonds. The summed E-state index contributed by atoms with van der Waals surface area (Å²) in [6.07, 6.45) is -0.671. The molecule has 0 saturated carbocycles. The Morgan fingerprint density at radius 2 is 1.71 bits per heavy atom. The highest BCUT2D eigenvalue weighted by atomic mass is 16.6. The van der Waals surface area contributed by atoms with E-state index in [-0.39, 0.29) is 31.5 Å². The molecule has 0 unspecified atom stereocenters. The van der Waals surface area contributed by atoms with Gasteiger partial charge in [-0.1, -0.05) is 44.2 Å². The van der Waals surface area contributed by atoms with E-state index in [0.29, 0.717) is 0 Å². The van der Waals surface area contributed by atoms with E-state index in [9.17, 15) is 14.4 Å². The lowest BCUT2D eigenvalue weighted by atomic mass is 10.0. The molecule has 1 atom stereocenters. The summed E-state index contributed by atoms with van der Waals surface area (Å²) in [5.74, 6) is -1.05. The molecule has 0 aliphatic rings. The van der Waals surface area contributed by atoms with Gasteiger partial charge in [0.1, 0.15) is 18.2 Å². The van der Waals surface area contributed by atoms with Gasteiger partial charge in [-0.3, -0.25) is 9.59 Å². The van der Waals surface area contributed by atoms with E-state index >= 15 is 0 Å². The zero-order valence-corrected chi connectivity index (χ0v) is 17.7. The Kier molecular flexibility index (Phi) is 8.96. The highest BCUT2D eigenvalue weighted by Gasteiger charge is 2.31. The fraction of sp³-hybridized carbons (Fsp3) is 0.571. The van der Waals surface area contributed by atoms with Gasteiger partial charge in [0.25, 0.3) is 0 Å². The van der Waals surface area contributed by atoms with Crippen LogP contribution < -0.4 is 5.32 Å². The predicted molar refractivity (Wildman–Crippen MR) is 106 cm³/mol. The summed E-state index contributed by atoms with van der Waals surface area (Å²) in [5.41, 5.74) is 0.198. The number of carbonyl (C=O) groups excluding carboxylic acids is 3. The third-order valence-electron chi connectivity index (χ3n) is 3.76. The zero-order chi connectivity index (χ0) is 21.3. The molecule has 0 bridgehead atoms. The van der Waals surface area contributed by atoms with Crippen LogP contribution in [0.4, 0.5) is 4.79 Å². The lowest BCUT2D eigenvalue weighted by Crippen LogP contribution is -2.53. The van der Waals surface area contributed by atoms with Crippen molar-refractivity contribution in [3.63, 3.8) is 0 Å². The van der Waals surface area contributed by atoms with Crippen LogP contribution in [0, 0.1) is 5.92 Å². The van der Waals surface area contributed by atoms with Crippen molar-refractivity contribution in [2.24, 2.45) is 5.92 Å². The minimum absolute atomic E-state index is 0.194. The van der Waals surface area contributed by atoms with E-state index in [1.165, 1.54) is 4.90 Å². The maximum Gasteiger partial charge on any atom is 0.408 e. The average molecular weight is 392 g/mol. The molecule has 28 heavy (non-hydrogen) atoms. The molecule has 0 heterocycles. The van der Waals surface area contributed by atoms with Crippen molar-refractivity contribution >= 4 is 18.0 Å². The van der Waals surface area contributed by atoms with Crippen LogP contribution in [-0.4, -0.2) is 47.7 Å². The molecule has 0 aliphatic heterocycles. The van der Waals surface area contributed by atoms with Gasteiger partial charge in [0, 0.05) is 6.54 Å². The second-order valence-electron chi connectivity index (χ2n) is 7.85. The van der Waals surface area contributed by atoms with E-state index in [1.54, 1.807) is 27.7 Å². The Morgan fingerprint density at radius 3 is 2.21 bits per heavy atom. The summed E-state index contributed by atoms with van der Waals surface area (Å²) in [6, 6.07) is 8.52. The Hall–Kier alpha value is -2.57. The summed E-state index contributed by atoms with van der Waals surface area (Å²) < 4.78 is 10.3. The molecule has 7 heteroatoms. The molecule has 1 rings (SSSR count). The number of ether oxygens (including phenoxy) is 2. The summed E-state index contributed by atoms with van der Waals surface area (Å²) >= 11 is 0. The Labute approximate surface area is 167 Å². The number of rotatable bonds is 8. The highest BCUT2D eigenvalue weighted by Crippen LogP contribution is 2.13. The Morgan fingerprint density at radius 1 is 1.11 bits per heavy atom. The molecule has 0 fully saturated rings. The molecule has 0 aliphatic carbocycles. The van der Waals surface area contributed by atoms with Crippen molar-refractivity contribution in [3.05, 3.63) is 35.9 Å². The quantitative estimate of drug-likeness (QED) is 0.687. The van der Waals surface area contributed by atoms with E-state index < -0.39 is 23.7 Å². The molecule has 0 spiro atoms. The van der Waals surface area contributed by atoms with E-state index in [4.69, 9.17) is 9.47 Å². The van der Waals surface area contributed by atoms with Crippen LogP contribution in [0.3, 0.4) is 0 Å². The van der Waals surface area contributed by atoms with Crippen LogP contribution in [-0.2, 0) is 25.6 Å². The molecule has 7 nitrogen and oxygen atoms in total. The average Bonchev–Trinajstić information content (AvgIpc) is 2.58. The van der Waals surface area contributed by atoms with Crippen molar-refractivity contribution in [3.8, 4) is 0 Å². The van der Waals surface area contributed by atoms with E-state index in [2.05, 4.69) is 5.32 Å². The van der Waals surface area contributed by atoms with Gasteiger partial charge < -0.3 is 19.7 Å². The van der Waals surface area contributed by atoms with Crippen LogP contribution >= 0.6 is 0 Å². The third-order valence-corrected chi connectivity index (χ3v) is 3.76.